The quantitative estimate of drug-likeness (QED) is 0.569. The Morgan fingerprint density at radius 1 is 1.47 bits per heavy atom. The highest BCUT2D eigenvalue weighted by molar-refractivity contribution is 14.1. The van der Waals surface area contributed by atoms with E-state index in [0.717, 1.165) is 19.5 Å². The molecule has 15 heavy (non-hydrogen) atoms. The van der Waals surface area contributed by atoms with Crippen LogP contribution in [0.2, 0.25) is 5.02 Å². The van der Waals surface area contributed by atoms with Crippen LogP contribution in [0.3, 0.4) is 0 Å². The van der Waals surface area contributed by atoms with E-state index in [9.17, 15) is 9.18 Å². The summed E-state index contributed by atoms with van der Waals surface area (Å²) in [5.74, 6) is -0.495. The predicted molar refractivity (Wildman–Crippen MR) is 64.6 cm³/mol. The molecule has 1 aliphatic rings. The Morgan fingerprint density at radius 2 is 2.13 bits per heavy atom. The molecule has 1 aliphatic heterocycles. The molecule has 1 heterocycles. The molecule has 2 rings (SSSR count). The average Bonchev–Trinajstić information content (AvgIpc) is 2.08. The molecule has 80 valence electrons. The monoisotopic (exact) mass is 339 g/mol. The maximum atomic E-state index is 13.1. The van der Waals surface area contributed by atoms with Gasteiger partial charge >= 0.3 is 0 Å². The molecule has 1 saturated heterocycles. The Morgan fingerprint density at radius 3 is 2.67 bits per heavy atom. The van der Waals surface area contributed by atoms with Crippen LogP contribution in [-0.4, -0.2) is 23.9 Å². The molecule has 0 spiro atoms. The third kappa shape index (κ3) is 2.10. The first-order valence-electron chi connectivity index (χ1n) is 4.53. The van der Waals surface area contributed by atoms with Gasteiger partial charge in [0.1, 0.15) is 5.82 Å². The Labute approximate surface area is 106 Å². The number of carbonyl (C=O) groups is 1. The van der Waals surface area contributed by atoms with E-state index >= 15 is 0 Å². The van der Waals surface area contributed by atoms with Crippen molar-refractivity contribution in [1.82, 2.24) is 4.90 Å². The van der Waals surface area contributed by atoms with Gasteiger partial charge in [-0.05, 0) is 41.1 Å². The molecular weight excluding hydrogens is 331 g/mol. The molecule has 5 heteroatoms. The molecule has 0 radical (unpaired) electrons. The van der Waals surface area contributed by atoms with E-state index in [-0.39, 0.29) is 16.7 Å². The van der Waals surface area contributed by atoms with Crippen LogP contribution in [0, 0.1) is 9.39 Å². The van der Waals surface area contributed by atoms with Crippen molar-refractivity contribution in [2.75, 3.05) is 13.1 Å². The van der Waals surface area contributed by atoms with Gasteiger partial charge in [-0.3, -0.25) is 4.79 Å². The van der Waals surface area contributed by atoms with Gasteiger partial charge in [-0.25, -0.2) is 4.39 Å². The summed E-state index contributed by atoms with van der Waals surface area (Å²) in [5, 5.41) is 0.185. The minimum atomic E-state index is -0.388. The number of carbonyl (C=O) groups excluding carboxylic acids is 1. The number of halogens is 3. The number of likely N-dealkylation sites (tertiary alicyclic amines) is 1. The average molecular weight is 340 g/mol. The summed E-state index contributed by atoms with van der Waals surface area (Å²) in [4.78, 5) is 13.5. The minimum absolute atomic E-state index is 0.107. The van der Waals surface area contributed by atoms with E-state index in [1.807, 2.05) is 22.6 Å². The van der Waals surface area contributed by atoms with E-state index in [2.05, 4.69) is 0 Å². The predicted octanol–water partition coefficient (Wildman–Crippen LogP) is 2.93. The normalized spacial score (nSPS) is 15.0. The number of hydrogen-bond acceptors (Lipinski definition) is 1. The highest BCUT2D eigenvalue weighted by Crippen LogP contribution is 2.24. The number of nitrogens with zero attached hydrogens (tertiary/aromatic N) is 1. The smallest absolute Gasteiger partial charge is 0.255 e. The third-order valence-corrected chi connectivity index (χ3v) is 3.52. The van der Waals surface area contributed by atoms with Gasteiger partial charge in [0.15, 0.2) is 0 Å². The summed E-state index contributed by atoms with van der Waals surface area (Å²) in [6.07, 6.45) is 1.03. The fourth-order valence-electron chi connectivity index (χ4n) is 1.38. The SMILES string of the molecule is O=C(c1cc(I)c(F)cc1Cl)N1CCC1. The number of hydrogen-bond donors (Lipinski definition) is 0. The van der Waals surface area contributed by atoms with Crippen LogP contribution in [0.1, 0.15) is 16.8 Å². The highest BCUT2D eigenvalue weighted by Gasteiger charge is 2.24. The summed E-state index contributed by atoms with van der Waals surface area (Å²) in [5.41, 5.74) is 0.391. The van der Waals surface area contributed by atoms with Crippen molar-refractivity contribution in [3.63, 3.8) is 0 Å². The van der Waals surface area contributed by atoms with Crippen LogP contribution in [0.25, 0.3) is 0 Å². The summed E-state index contributed by atoms with van der Waals surface area (Å²) in [6, 6.07) is 2.69. The summed E-state index contributed by atoms with van der Waals surface area (Å²) in [7, 11) is 0. The first kappa shape index (κ1) is 11.1. The molecule has 0 aromatic heterocycles. The fraction of sp³-hybridized carbons (Fsp3) is 0.300. The topological polar surface area (TPSA) is 20.3 Å². The van der Waals surface area contributed by atoms with Gasteiger partial charge in [0.05, 0.1) is 10.6 Å². The Hall–Kier alpha value is -0.360. The van der Waals surface area contributed by atoms with Crippen LogP contribution >= 0.6 is 34.2 Å². The molecule has 1 aromatic rings. The molecule has 0 bridgehead atoms. The molecule has 0 N–H and O–H groups in total. The van der Waals surface area contributed by atoms with E-state index in [1.165, 1.54) is 12.1 Å². The standard InChI is InChI=1S/C10H8ClFINO/c11-7-5-8(12)9(13)4-6(7)10(15)14-2-1-3-14/h4-5H,1-3H2. The van der Waals surface area contributed by atoms with Crippen molar-refractivity contribution in [3.8, 4) is 0 Å². The van der Waals surface area contributed by atoms with Crippen molar-refractivity contribution in [3.05, 3.63) is 32.1 Å². The van der Waals surface area contributed by atoms with Crippen LogP contribution in [-0.2, 0) is 0 Å². The van der Waals surface area contributed by atoms with Crippen LogP contribution in [0.5, 0.6) is 0 Å². The third-order valence-electron chi connectivity index (χ3n) is 2.38. The van der Waals surface area contributed by atoms with Crippen molar-refractivity contribution < 1.29 is 9.18 Å². The minimum Gasteiger partial charge on any atom is -0.338 e. The van der Waals surface area contributed by atoms with E-state index in [0.29, 0.717) is 9.13 Å². The van der Waals surface area contributed by atoms with Crippen LogP contribution < -0.4 is 0 Å². The van der Waals surface area contributed by atoms with Gasteiger partial charge in [0, 0.05) is 16.7 Å². The first-order valence-corrected chi connectivity index (χ1v) is 5.99. The lowest BCUT2D eigenvalue weighted by atomic mass is 10.1. The highest BCUT2D eigenvalue weighted by atomic mass is 127. The van der Waals surface area contributed by atoms with Gasteiger partial charge in [-0.1, -0.05) is 11.6 Å². The number of amides is 1. The van der Waals surface area contributed by atoms with Gasteiger partial charge in [-0.15, -0.1) is 0 Å². The zero-order valence-electron chi connectivity index (χ0n) is 7.77. The summed E-state index contributed by atoms with van der Waals surface area (Å²) in [6.45, 7) is 1.53. The van der Waals surface area contributed by atoms with Gasteiger partial charge < -0.3 is 4.90 Å². The summed E-state index contributed by atoms with van der Waals surface area (Å²) < 4.78 is 13.5. The van der Waals surface area contributed by atoms with Gasteiger partial charge in [0.25, 0.3) is 5.91 Å². The number of rotatable bonds is 1. The Kier molecular flexibility index (Phi) is 3.16. The maximum absolute atomic E-state index is 13.1. The zero-order chi connectivity index (χ0) is 11.0. The van der Waals surface area contributed by atoms with Crippen molar-refractivity contribution in [2.24, 2.45) is 0 Å². The van der Waals surface area contributed by atoms with E-state index in [4.69, 9.17) is 11.6 Å². The summed E-state index contributed by atoms with van der Waals surface area (Å²) >= 11 is 7.68. The molecular formula is C10H8ClFINO. The molecule has 0 aliphatic carbocycles. The van der Waals surface area contributed by atoms with Crippen LogP contribution in [0.4, 0.5) is 4.39 Å². The molecule has 2 nitrogen and oxygen atoms in total. The van der Waals surface area contributed by atoms with Gasteiger partial charge in [-0.2, -0.15) is 0 Å². The lowest BCUT2D eigenvalue weighted by Crippen LogP contribution is -2.42. The molecule has 1 aromatic carbocycles. The second-order valence-electron chi connectivity index (χ2n) is 3.39. The molecule has 1 fully saturated rings. The Bertz CT molecular complexity index is 420. The van der Waals surface area contributed by atoms with Crippen molar-refractivity contribution in [1.29, 1.82) is 0 Å². The largest absolute Gasteiger partial charge is 0.338 e. The first-order chi connectivity index (χ1) is 7.09. The number of benzene rings is 1. The maximum Gasteiger partial charge on any atom is 0.255 e. The van der Waals surface area contributed by atoms with Crippen LogP contribution in [0.15, 0.2) is 12.1 Å². The van der Waals surface area contributed by atoms with Gasteiger partial charge in [0.2, 0.25) is 0 Å². The molecule has 0 atom stereocenters. The van der Waals surface area contributed by atoms with E-state index < -0.39 is 0 Å². The zero-order valence-corrected chi connectivity index (χ0v) is 10.7. The van der Waals surface area contributed by atoms with Crippen molar-refractivity contribution in [2.45, 2.75) is 6.42 Å². The lowest BCUT2D eigenvalue weighted by molar-refractivity contribution is 0.0652. The second kappa shape index (κ2) is 4.25. The Balaban J connectivity index is 2.34. The molecule has 0 unspecified atom stereocenters. The fourth-order valence-corrected chi connectivity index (χ4v) is 2.07. The van der Waals surface area contributed by atoms with E-state index in [1.54, 1.807) is 4.90 Å². The second-order valence-corrected chi connectivity index (χ2v) is 4.96. The molecule has 0 saturated carbocycles. The lowest BCUT2D eigenvalue weighted by Gasteiger charge is -2.31. The molecule has 1 amide bonds. The van der Waals surface area contributed by atoms with Crippen molar-refractivity contribution >= 4 is 40.1 Å².